The first-order valence-electron chi connectivity index (χ1n) is 8.83. The van der Waals surface area contributed by atoms with Crippen molar-refractivity contribution in [2.45, 2.75) is 25.2 Å². The van der Waals surface area contributed by atoms with Crippen LogP contribution in [0.2, 0.25) is 0 Å². The minimum absolute atomic E-state index is 0.0456. The van der Waals surface area contributed by atoms with Crippen molar-refractivity contribution in [3.8, 4) is 5.69 Å². The highest BCUT2D eigenvalue weighted by molar-refractivity contribution is 9.10. The molecule has 1 aliphatic rings. The summed E-state index contributed by atoms with van der Waals surface area (Å²) in [6.45, 7) is 0. The molecule has 0 bridgehead atoms. The SMILES string of the molecule is O=c1c2ncc(Br)cc2[nH]c2nc(C3CCC3)n(-c3ccccc3)c(=O)c12. The molecule has 0 unspecified atom stereocenters. The highest BCUT2D eigenvalue weighted by Crippen LogP contribution is 2.36. The van der Waals surface area contributed by atoms with E-state index in [9.17, 15) is 9.59 Å². The van der Waals surface area contributed by atoms with E-state index in [4.69, 9.17) is 4.98 Å². The molecule has 6 nitrogen and oxygen atoms in total. The summed E-state index contributed by atoms with van der Waals surface area (Å²) in [4.78, 5) is 38.5. The van der Waals surface area contributed by atoms with Crippen LogP contribution in [0.4, 0.5) is 0 Å². The van der Waals surface area contributed by atoms with Crippen molar-refractivity contribution >= 4 is 38.0 Å². The third-order valence-corrected chi connectivity index (χ3v) is 5.58. The lowest BCUT2D eigenvalue weighted by Crippen LogP contribution is -2.31. The van der Waals surface area contributed by atoms with Gasteiger partial charge in [0.05, 0.1) is 11.2 Å². The quantitative estimate of drug-likeness (QED) is 0.499. The molecular weight excluding hydrogens is 408 g/mol. The highest BCUT2D eigenvalue weighted by Gasteiger charge is 2.27. The molecule has 7 heteroatoms. The molecule has 3 heterocycles. The van der Waals surface area contributed by atoms with Gasteiger partial charge in [-0.05, 0) is 47.0 Å². The van der Waals surface area contributed by atoms with E-state index in [-0.39, 0.29) is 22.4 Å². The predicted octanol–water partition coefficient (Wildman–Crippen LogP) is 3.65. The number of hydrogen-bond donors (Lipinski definition) is 1. The maximum Gasteiger partial charge on any atom is 0.271 e. The average molecular weight is 423 g/mol. The summed E-state index contributed by atoms with van der Waals surface area (Å²) in [5.41, 5.74) is 1.11. The van der Waals surface area contributed by atoms with E-state index in [0.717, 1.165) is 29.4 Å². The van der Waals surface area contributed by atoms with E-state index in [1.807, 2.05) is 30.3 Å². The Hall–Kier alpha value is -2.80. The number of H-pyrrole nitrogens is 1. The number of fused-ring (bicyclic) bond motifs is 2. The first-order valence-corrected chi connectivity index (χ1v) is 9.62. The summed E-state index contributed by atoms with van der Waals surface area (Å²) in [7, 11) is 0. The van der Waals surface area contributed by atoms with Crippen LogP contribution in [0.3, 0.4) is 0 Å². The summed E-state index contributed by atoms with van der Waals surface area (Å²) in [5, 5.41) is 0.0456. The second-order valence-electron chi connectivity index (χ2n) is 6.80. The molecule has 0 atom stereocenters. The minimum Gasteiger partial charge on any atom is -0.337 e. The Morgan fingerprint density at radius 2 is 1.93 bits per heavy atom. The third-order valence-electron chi connectivity index (χ3n) is 5.14. The van der Waals surface area contributed by atoms with Crippen molar-refractivity contribution in [3.05, 3.63) is 73.5 Å². The van der Waals surface area contributed by atoms with Crippen LogP contribution in [-0.4, -0.2) is 19.5 Å². The van der Waals surface area contributed by atoms with Gasteiger partial charge in [0, 0.05) is 16.6 Å². The number of nitrogens with zero attached hydrogens (tertiary/aromatic N) is 3. The number of pyridine rings is 2. The molecular formula is C20H15BrN4O2. The molecule has 1 saturated carbocycles. The number of para-hydroxylation sites is 1. The van der Waals surface area contributed by atoms with Crippen LogP contribution in [0.5, 0.6) is 0 Å². The molecule has 4 aromatic rings. The summed E-state index contributed by atoms with van der Waals surface area (Å²) < 4.78 is 2.34. The molecule has 0 saturated heterocycles. The normalized spacial score (nSPS) is 14.6. The zero-order chi connectivity index (χ0) is 18.5. The van der Waals surface area contributed by atoms with Gasteiger partial charge in [-0.15, -0.1) is 0 Å². The zero-order valence-corrected chi connectivity index (χ0v) is 15.9. The summed E-state index contributed by atoms with van der Waals surface area (Å²) in [6, 6.07) is 11.1. The highest BCUT2D eigenvalue weighted by atomic mass is 79.9. The standard InChI is InChI=1S/C20H15BrN4O2/c21-12-9-14-16(22-10-12)17(26)15-18(23-14)24-19(11-5-4-6-11)25(20(15)27)13-7-2-1-3-8-13/h1-3,7-11H,4-6H2,(H,23,26). The smallest absolute Gasteiger partial charge is 0.271 e. The molecule has 0 aliphatic heterocycles. The third kappa shape index (κ3) is 2.53. The predicted molar refractivity (Wildman–Crippen MR) is 108 cm³/mol. The fourth-order valence-electron chi connectivity index (χ4n) is 3.56. The molecule has 1 aliphatic carbocycles. The van der Waals surface area contributed by atoms with Crippen LogP contribution in [0.25, 0.3) is 27.8 Å². The number of hydrogen-bond acceptors (Lipinski definition) is 4. The molecule has 1 aromatic carbocycles. The van der Waals surface area contributed by atoms with Gasteiger partial charge in [0.25, 0.3) is 5.56 Å². The van der Waals surface area contributed by atoms with Gasteiger partial charge >= 0.3 is 0 Å². The second-order valence-corrected chi connectivity index (χ2v) is 7.72. The number of halogens is 1. The number of aromatic amines is 1. The van der Waals surface area contributed by atoms with Crippen molar-refractivity contribution in [1.82, 2.24) is 19.5 Å². The Labute approximate surface area is 162 Å². The van der Waals surface area contributed by atoms with Crippen molar-refractivity contribution < 1.29 is 0 Å². The van der Waals surface area contributed by atoms with Crippen LogP contribution in [0.1, 0.15) is 31.0 Å². The van der Waals surface area contributed by atoms with Crippen LogP contribution in [0.15, 0.2) is 56.7 Å². The average Bonchev–Trinajstić information content (AvgIpc) is 2.60. The molecule has 134 valence electrons. The number of nitrogens with one attached hydrogen (secondary N) is 1. The Kier molecular flexibility index (Phi) is 3.72. The molecule has 0 spiro atoms. The van der Waals surface area contributed by atoms with E-state index in [0.29, 0.717) is 17.0 Å². The van der Waals surface area contributed by atoms with E-state index in [1.165, 1.54) is 0 Å². The molecule has 1 fully saturated rings. The van der Waals surface area contributed by atoms with E-state index in [2.05, 4.69) is 25.9 Å². The molecule has 0 amide bonds. The topological polar surface area (TPSA) is 80.6 Å². The van der Waals surface area contributed by atoms with Gasteiger partial charge in [0.15, 0.2) is 0 Å². The fourth-order valence-corrected chi connectivity index (χ4v) is 3.89. The molecule has 5 rings (SSSR count). The lowest BCUT2D eigenvalue weighted by Gasteiger charge is -2.27. The molecule has 0 radical (unpaired) electrons. The van der Waals surface area contributed by atoms with Crippen molar-refractivity contribution in [3.63, 3.8) is 0 Å². The molecule has 3 aromatic heterocycles. The monoisotopic (exact) mass is 422 g/mol. The first-order chi connectivity index (χ1) is 13.1. The van der Waals surface area contributed by atoms with Gasteiger partial charge in [-0.1, -0.05) is 24.6 Å². The lowest BCUT2D eigenvalue weighted by atomic mass is 9.84. The van der Waals surface area contributed by atoms with E-state index < -0.39 is 5.43 Å². The van der Waals surface area contributed by atoms with Crippen LogP contribution in [-0.2, 0) is 0 Å². The largest absolute Gasteiger partial charge is 0.337 e. The molecule has 1 N–H and O–H groups in total. The Morgan fingerprint density at radius 3 is 2.63 bits per heavy atom. The summed E-state index contributed by atoms with van der Waals surface area (Å²) in [6.07, 6.45) is 4.67. The number of aromatic nitrogens is 4. The van der Waals surface area contributed by atoms with Crippen molar-refractivity contribution in [1.29, 1.82) is 0 Å². The summed E-state index contributed by atoms with van der Waals surface area (Å²) in [5.74, 6) is 0.935. The van der Waals surface area contributed by atoms with Crippen LogP contribution >= 0.6 is 15.9 Å². The summed E-state index contributed by atoms with van der Waals surface area (Å²) >= 11 is 3.36. The van der Waals surface area contributed by atoms with Gasteiger partial charge < -0.3 is 4.98 Å². The minimum atomic E-state index is -0.395. The second kappa shape index (κ2) is 6.13. The van der Waals surface area contributed by atoms with Gasteiger partial charge in [-0.2, -0.15) is 0 Å². The van der Waals surface area contributed by atoms with E-state index in [1.54, 1.807) is 16.8 Å². The van der Waals surface area contributed by atoms with Crippen molar-refractivity contribution in [2.24, 2.45) is 0 Å². The maximum absolute atomic E-state index is 13.4. The Morgan fingerprint density at radius 1 is 1.15 bits per heavy atom. The fraction of sp³-hybridized carbons (Fsp3) is 0.200. The number of benzene rings is 1. The lowest BCUT2D eigenvalue weighted by molar-refractivity contribution is 0.394. The van der Waals surface area contributed by atoms with Gasteiger partial charge in [-0.3, -0.25) is 14.2 Å². The van der Waals surface area contributed by atoms with E-state index >= 15 is 0 Å². The van der Waals surface area contributed by atoms with Gasteiger partial charge in [-0.25, -0.2) is 9.97 Å². The van der Waals surface area contributed by atoms with Gasteiger partial charge in [0.1, 0.15) is 22.4 Å². The van der Waals surface area contributed by atoms with Crippen molar-refractivity contribution in [2.75, 3.05) is 0 Å². The Balaban J connectivity index is 1.93. The number of rotatable bonds is 2. The van der Waals surface area contributed by atoms with Gasteiger partial charge in [0.2, 0.25) is 5.43 Å². The molecule has 27 heavy (non-hydrogen) atoms. The first kappa shape index (κ1) is 16.4. The maximum atomic E-state index is 13.4. The zero-order valence-electron chi connectivity index (χ0n) is 14.3. The Bertz CT molecular complexity index is 1310. The van der Waals surface area contributed by atoms with Crippen LogP contribution in [0, 0.1) is 0 Å². The van der Waals surface area contributed by atoms with Crippen LogP contribution < -0.4 is 11.0 Å².